The first-order valence-corrected chi connectivity index (χ1v) is 6.85. The van der Waals surface area contributed by atoms with E-state index in [4.69, 9.17) is 0 Å². The Morgan fingerprint density at radius 1 is 1.37 bits per heavy atom. The summed E-state index contributed by atoms with van der Waals surface area (Å²) in [6, 6.07) is 8.48. The summed E-state index contributed by atoms with van der Waals surface area (Å²) in [5.74, 6) is 0.931. The molecule has 1 aromatic carbocycles. The predicted molar refractivity (Wildman–Crippen MR) is 76.8 cm³/mol. The summed E-state index contributed by atoms with van der Waals surface area (Å²) in [7, 11) is 0. The van der Waals surface area contributed by atoms with Crippen LogP contribution in [0.4, 0.5) is 5.69 Å². The van der Waals surface area contributed by atoms with Crippen LogP contribution in [-0.4, -0.2) is 15.6 Å². The van der Waals surface area contributed by atoms with E-state index < -0.39 is 0 Å². The van der Waals surface area contributed by atoms with Gasteiger partial charge >= 0.3 is 5.69 Å². The molecule has 0 radical (unpaired) electrons. The van der Waals surface area contributed by atoms with Crippen LogP contribution in [0.3, 0.4) is 0 Å². The highest BCUT2D eigenvalue weighted by molar-refractivity contribution is 5.49. The van der Waals surface area contributed by atoms with E-state index in [1.54, 1.807) is 17.0 Å². The zero-order valence-corrected chi connectivity index (χ0v) is 11.1. The second kappa shape index (κ2) is 4.96. The molecule has 0 spiro atoms. The van der Waals surface area contributed by atoms with Crippen LogP contribution in [0.2, 0.25) is 0 Å². The molecular formula is C15H19N3O. The largest absolute Gasteiger partial charge is 0.383 e. The highest BCUT2D eigenvalue weighted by Gasteiger charge is 2.23. The Balaban J connectivity index is 1.68. The lowest BCUT2D eigenvalue weighted by molar-refractivity contribution is 0.642. The Hall–Kier alpha value is -1.97. The lowest BCUT2D eigenvalue weighted by Crippen LogP contribution is -2.16. The molecule has 1 fully saturated rings. The molecule has 0 amide bonds. The molecule has 4 heteroatoms. The number of anilines is 1. The molecule has 2 aromatic rings. The molecule has 1 unspecified atom stereocenters. The van der Waals surface area contributed by atoms with Crippen molar-refractivity contribution in [2.75, 3.05) is 5.32 Å². The van der Waals surface area contributed by atoms with Crippen LogP contribution in [0.5, 0.6) is 0 Å². The van der Waals surface area contributed by atoms with Crippen LogP contribution < -0.4 is 11.0 Å². The molecule has 0 bridgehead atoms. The molecule has 1 aliphatic carbocycles. The highest BCUT2D eigenvalue weighted by Crippen LogP contribution is 2.34. The minimum atomic E-state index is -0.109. The van der Waals surface area contributed by atoms with E-state index >= 15 is 0 Å². The van der Waals surface area contributed by atoms with Crippen molar-refractivity contribution < 1.29 is 0 Å². The molecule has 4 nitrogen and oxygen atoms in total. The van der Waals surface area contributed by atoms with Crippen LogP contribution in [0.15, 0.2) is 41.5 Å². The number of hydrogen-bond acceptors (Lipinski definition) is 2. The molecule has 19 heavy (non-hydrogen) atoms. The van der Waals surface area contributed by atoms with E-state index in [2.05, 4.69) is 17.2 Å². The third-order valence-corrected chi connectivity index (χ3v) is 3.59. The zero-order chi connectivity index (χ0) is 13.2. The summed E-state index contributed by atoms with van der Waals surface area (Å²) in [6.45, 7) is 2.23. The fourth-order valence-corrected chi connectivity index (χ4v) is 2.44. The predicted octanol–water partition coefficient (Wildman–Crippen LogP) is 2.77. The van der Waals surface area contributed by atoms with E-state index in [0.717, 1.165) is 17.3 Å². The number of hydrogen-bond donors (Lipinski definition) is 2. The van der Waals surface area contributed by atoms with E-state index in [0.29, 0.717) is 6.04 Å². The van der Waals surface area contributed by atoms with Crippen molar-refractivity contribution in [3.63, 3.8) is 0 Å². The maximum Gasteiger partial charge on any atom is 0.330 e. The number of nitrogens with zero attached hydrogens (tertiary/aromatic N) is 1. The number of benzene rings is 1. The fourth-order valence-electron chi connectivity index (χ4n) is 2.44. The summed E-state index contributed by atoms with van der Waals surface area (Å²) < 4.78 is 1.59. The summed E-state index contributed by atoms with van der Waals surface area (Å²) in [6.07, 6.45) is 7.41. The second-order valence-electron chi connectivity index (χ2n) is 5.41. The van der Waals surface area contributed by atoms with Crippen LogP contribution in [0.25, 0.3) is 5.69 Å². The third kappa shape index (κ3) is 2.89. The standard InChI is InChI=1S/C15H19N3O/c1-11(10-12-2-3-12)17-13-4-6-14(7-5-13)18-9-8-16-15(18)19/h4-9,11-12,17H,2-3,10H2,1H3,(H,16,19). The smallest absolute Gasteiger partial charge is 0.330 e. The van der Waals surface area contributed by atoms with Crippen molar-refractivity contribution in [2.24, 2.45) is 5.92 Å². The normalized spacial score (nSPS) is 16.3. The van der Waals surface area contributed by atoms with Gasteiger partial charge in [-0.05, 0) is 43.5 Å². The quantitative estimate of drug-likeness (QED) is 0.865. The number of H-pyrrole nitrogens is 1. The molecule has 1 aliphatic rings. The lowest BCUT2D eigenvalue weighted by atomic mass is 10.1. The molecule has 1 aromatic heterocycles. The molecule has 2 N–H and O–H groups in total. The van der Waals surface area contributed by atoms with Gasteiger partial charge in [0.25, 0.3) is 0 Å². The van der Waals surface area contributed by atoms with Crippen molar-refractivity contribution in [3.8, 4) is 5.69 Å². The minimum Gasteiger partial charge on any atom is -0.383 e. The van der Waals surface area contributed by atoms with E-state index in [9.17, 15) is 4.79 Å². The zero-order valence-electron chi connectivity index (χ0n) is 11.1. The van der Waals surface area contributed by atoms with E-state index in [-0.39, 0.29) is 5.69 Å². The Bertz CT molecular complexity index is 592. The van der Waals surface area contributed by atoms with Gasteiger partial charge in [0.2, 0.25) is 0 Å². The first kappa shape index (κ1) is 12.1. The molecule has 1 saturated carbocycles. The van der Waals surface area contributed by atoms with E-state index in [1.165, 1.54) is 19.3 Å². The Kier molecular flexibility index (Phi) is 3.15. The SMILES string of the molecule is CC(CC1CC1)Nc1ccc(-n2cc[nH]c2=O)cc1. The van der Waals surface area contributed by atoms with Crippen LogP contribution in [0.1, 0.15) is 26.2 Å². The molecular weight excluding hydrogens is 238 g/mol. The topological polar surface area (TPSA) is 49.8 Å². The highest BCUT2D eigenvalue weighted by atomic mass is 16.1. The summed E-state index contributed by atoms with van der Waals surface area (Å²) >= 11 is 0. The summed E-state index contributed by atoms with van der Waals surface area (Å²) in [5, 5.41) is 3.51. The Labute approximate surface area is 112 Å². The third-order valence-electron chi connectivity index (χ3n) is 3.59. The van der Waals surface area contributed by atoms with Crippen molar-refractivity contribution >= 4 is 5.69 Å². The van der Waals surface area contributed by atoms with Crippen molar-refractivity contribution in [1.82, 2.24) is 9.55 Å². The monoisotopic (exact) mass is 257 g/mol. The van der Waals surface area contributed by atoms with Gasteiger partial charge in [0.05, 0.1) is 5.69 Å². The maximum atomic E-state index is 11.5. The van der Waals surface area contributed by atoms with Gasteiger partial charge in [-0.25, -0.2) is 4.79 Å². The Morgan fingerprint density at radius 3 is 2.68 bits per heavy atom. The van der Waals surface area contributed by atoms with Gasteiger partial charge in [-0.1, -0.05) is 12.8 Å². The summed E-state index contributed by atoms with van der Waals surface area (Å²) in [4.78, 5) is 14.1. The molecule has 100 valence electrons. The maximum absolute atomic E-state index is 11.5. The molecule has 1 atom stereocenters. The van der Waals surface area contributed by atoms with Gasteiger partial charge in [0.15, 0.2) is 0 Å². The number of rotatable bonds is 5. The minimum absolute atomic E-state index is 0.109. The summed E-state index contributed by atoms with van der Waals surface area (Å²) in [5.41, 5.74) is 1.88. The van der Waals surface area contributed by atoms with Gasteiger partial charge < -0.3 is 10.3 Å². The van der Waals surface area contributed by atoms with E-state index in [1.807, 2.05) is 24.3 Å². The molecule has 0 saturated heterocycles. The molecule has 3 rings (SSSR count). The van der Waals surface area contributed by atoms with Crippen LogP contribution in [-0.2, 0) is 0 Å². The Morgan fingerprint density at radius 2 is 2.11 bits per heavy atom. The number of nitrogens with one attached hydrogen (secondary N) is 2. The van der Waals surface area contributed by atoms with Gasteiger partial charge in [0.1, 0.15) is 0 Å². The van der Waals surface area contributed by atoms with Crippen LogP contribution in [0, 0.1) is 5.92 Å². The first-order valence-electron chi connectivity index (χ1n) is 6.85. The molecule has 0 aliphatic heterocycles. The average Bonchev–Trinajstić information content (AvgIpc) is 3.10. The lowest BCUT2D eigenvalue weighted by Gasteiger charge is -2.15. The van der Waals surface area contributed by atoms with Gasteiger partial charge in [-0.3, -0.25) is 4.57 Å². The first-order chi connectivity index (χ1) is 9.22. The number of aromatic nitrogens is 2. The molecule has 1 heterocycles. The van der Waals surface area contributed by atoms with Crippen molar-refractivity contribution in [3.05, 3.63) is 47.1 Å². The van der Waals surface area contributed by atoms with Gasteiger partial charge in [0, 0.05) is 24.1 Å². The fraction of sp³-hybridized carbons (Fsp3) is 0.400. The van der Waals surface area contributed by atoms with Crippen molar-refractivity contribution in [2.45, 2.75) is 32.2 Å². The van der Waals surface area contributed by atoms with Crippen molar-refractivity contribution in [1.29, 1.82) is 0 Å². The van der Waals surface area contributed by atoms with Gasteiger partial charge in [-0.15, -0.1) is 0 Å². The average molecular weight is 257 g/mol. The second-order valence-corrected chi connectivity index (χ2v) is 5.41. The number of imidazole rings is 1. The number of aromatic amines is 1. The van der Waals surface area contributed by atoms with Crippen LogP contribution >= 0.6 is 0 Å². The van der Waals surface area contributed by atoms with Gasteiger partial charge in [-0.2, -0.15) is 0 Å².